The lowest BCUT2D eigenvalue weighted by atomic mass is 10.1. The Kier molecular flexibility index (Phi) is 7.61. The number of rotatable bonds is 7. The molecule has 8 nitrogen and oxygen atoms in total. The molecule has 0 aliphatic carbocycles. The second-order valence-corrected chi connectivity index (χ2v) is 8.12. The van der Waals surface area contributed by atoms with Gasteiger partial charge in [0.15, 0.2) is 5.82 Å². The van der Waals surface area contributed by atoms with Crippen LogP contribution in [0.3, 0.4) is 0 Å². The monoisotopic (exact) mass is 524 g/mol. The van der Waals surface area contributed by atoms with Crippen LogP contribution in [0, 0.1) is 12.7 Å². The van der Waals surface area contributed by atoms with E-state index in [1.807, 2.05) is 19.1 Å². The third-order valence-electron chi connectivity index (χ3n) is 5.36. The van der Waals surface area contributed by atoms with Crippen LogP contribution in [0.1, 0.15) is 37.5 Å². The zero-order valence-electron chi connectivity index (χ0n) is 19.8. The van der Waals surface area contributed by atoms with Gasteiger partial charge in [0.05, 0.1) is 29.1 Å². The van der Waals surface area contributed by atoms with Crippen molar-refractivity contribution in [2.75, 3.05) is 10.6 Å². The Morgan fingerprint density at radius 1 is 0.921 bits per heavy atom. The van der Waals surface area contributed by atoms with Crippen molar-refractivity contribution in [1.29, 1.82) is 0 Å². The minimum absolute atomic E-state index is 0.00856. The second kappa shape index (κ2) is 11.0. The van der Waals surface area contributed by atoms with Crippen LogP contribution in [0.25, 0.3) is 0 Å². The number of benzene rings is 2. The fraction of sp³-hybridized carbons (Fsp3) is 0.115. The van der Waals surface area contributed by atoms with Gasteiger partial charge in [-0.25, -0.2) is 19.3 Å². The molecule has 0 aliphatic rings. The van der Waals surface area contributed by atoms with Gasteiger partial charge >= 0.3 is 6.18 Å². The maximum Gasteiger partial charge on any atom is 0.416 e. The summed E-state index contributed by atoms with van der Waals surface area (Å²) in [4.78, 5) is 37.7. The number of anilines is 3. The molecule has 4 aromatic rings. The summed E-state index contributed by atoms with van der Waals surface area (Å²) in [7, 11) is 0. The molecule has 0 spiro atoms. The summed E-state index contributed by atoms with van der Waals surface area (Å²) in [5, 5.41) is 8.14. The Balaban J connectivity index is 1.64. The van der Waals surface area contributed by atoms with Crippen LogP contribution < -0.4 is 16.0 Å². The molecule has 4 rings (SSSR count). The summed E-state index contributed by atoms with van der Waals surface area (Å²) in [5.74, 6) is -2.67. The number of hydrogen-bond acceptors (Lipinski definition) is 6. The van der Waals surface area contributed by atoms with Crippen molar-refractivity contribution in [3.63, 3.8) is 0 Å². The number of amides is 2. The maximum atomic E-state index is 13.9. The Labute approximate surface area is 214 Å². The average Bonchev–Trinajstić information content (AvgIpc) is 2.89. The molecule has 0 saturated heterocycles. The molecular weight excluding hydrogens is 504 g/mol. The summed E-state index contributed by atoms with van der Waals surface area (Å²) < 4.78 is 53.3. The Bertz CT molecular complexity index is 1480. The van der Waals surface area contributed by atoms with E-state index in [9.17, 15) is 27.2 Å². The zero-order chi connectivity index (χ0) is 27.3. The zero-order valence-corrected chi connectivity index (χ0v) is 19.8. The van der Waals surface area contributed by atoms with Crippen molar-refractivity contribution in [3.8, 4) is 0 Å². The Morgan fingerprint density at radius 3 is 2.42 bits per heavy atom. The van der Waals surface area contributed by atoms with Gasteiger partial charge in [0, 0.05) is 23.6 Å². The normalized spacial score (nSPS) is 11.1. The molecule has 0 atom stereocenters. The number of carbonyl (C=O) groups is 2. The highest BCUT2D eigenvalue weighted by Crippen LogP contribution is 2.31. The molecule has 2 amide bonds. The van der Waals surface area contributed by atoms with E-state index in [4.69, 9.17) is 0 Å². The molecule has 3 N–H and O–H groups in total. The fourth-order valence-corrected chi connectivity index (χ4v) is 3.40. The first-order valence-electron chi connectivity index (χ1n) is 11.1. The third kappa shape index (κ3) is 6.46. The summed E-state index contributed by atoms with van der Waals surface area (Å²) in [5.41, 5.74) is 0.222. The van der Waals surface area contributed by atoms with E-state index < -0.39 is 34.9 Å². The van der Waals surface area contributed by atoms with Crippen molar-refractivity contribution in [1.82, 2.24) is 20.3 Å². The van der Waals surface area contributed by atoms with Crippen molar-refractivity contribution in [2.45, 2.75) is 19.6 Å². The van der Waals surface area contributed by atoms with Gasteiger partial charge in [0.2, 0.25) is 0 Å². The summed E-state index contributed by atoms with van der Waals surface area (Å²) in [6.07, 6.45) is -0.723. The largest absolute Gasteiger partial charge is 0.416 e. The van der Waals surface area contributed by atoms with E-state index in [1.165, 1.54) is 24.8 Å². The van der Waals surface area contributed by atoms with Gasteiger partial charge in [0.25, 0.3) is 11.8 Å². The van der Waals surface area contributed by atoms with E-state index in [1.54, 1.807) is 18.2 Å². The van der Waals surface area contributed by atoms with Gasteiger partial charge in [-0.2, -0.15) is 13.2 Å². The molecule has 0 radical (unpaired) electrons. The van der Waals surface area contributed by atoms with Crippen LogP contribution in [0.15, 0.2) is 73.3 Å². The quantitative estimate of drug-likeness (QED) is 0.285. The van der Waals surface area contributed by atoms with Crippen LogP contribution in [0.4, 0.5) is 34.8 Å². The Hall–Kier alpha value is -4.87. The van der Waals surface area contributed by atoms with Gasteiger partial charge in [-0.05, 0) is 48.9 Å². The number of aryl methyl sites for hydroxylation is 1. The van der Waals surface area contributed by atoms with Crippen molar-refractivity contribution in [2.24, 2.45) is 0 Å². The molecular formula is C26H20F4N6O2. The van der Waals surface area contributed by atoms with Crippen LogP contribution in [0.2, 0.25) is 0 Å². The van der Waals surface area contributed by atoms with Gasteiger partial charge in [-0.15, -0.1) is 0 Å². The number of alkyl halides is 3. The Morgan fingerprint density at radius 2 is 1.71 bits per heavy atom. The number of para-hydroxylation sites is 1. The fourth-order valence-electron chi connectivity index (χ4n) is 3.40. The highest BCUT2D eigenvalue weighted by atomic mass is 19.4. The second-order valence-electron chi connectivity index (χ2n) is 8.12. The number of aromatic nitrogens is 3. The number of hydrogen-bond donors (Lipinski definition) is 3. The van der Waals surface area contributed by atoms with Crippen LogP contribution in [-0.4, -0.2) is 26.8 Å². The first-order valence-corrected chi connectivity index (χ1v) is 11.1. The van der Waals surface area contributed by atoms with Gasteiger partial charge in [0.1, 0.15) is 12.1 Å². The van der Waals surface area contributed by atoms with Crippen LogP contribution >= 0.6 is 0 Å². The average molecular weight is 524 g/mol. The summed E-state index contributed by atoms with van der Waals surface area (Å²) >= 11 is 0. The summed E-state index contributed by atoms with van der Waals surface area (Å²) in [6.45, 7) is 1.93. The van der Waals surface area contributed by atoms with Crippen molar-refractivity contribution < 1.29 is 27.2 Å². The lowest BCUT2D eigenvalue weighted by molar-refractivity contribution is -0.137. The van der Waals surface area contributed by atoms with Crippen LogP contribution in [0.5, 0.6) is 0 Å². The molecule has 38 heavy (non-hydrogen) atoms. The molecule has 12 heteroatoms. The van der Waals surface area contributed by atoms with Crippen molar-refractivity contribution >= 4 is 29.0 Å². The molecule has 0 fully saturated rings. The molecule has 194 valence electrons. The van der Waals surface area contributed by atoms with Gasteiger partial charge in [-0.3, -0.25) is 9.59 Å². The number of halogens is 4. The molecule has 0 bridgehead atoms. The van der Waals surface area contributed by atoms with E-state index >= 15 is 0 Å². The maximum absolute atomic E-state index is 13.9. The topological polar surface area (TPSA) is 109 Å². The minimum atomic E-state index is -4.85. The minimum Gasteiger partial charge on any atom is -0.346 e. The molecule has 2 heterocycles. The van der Waals surface area contributed by atoms with Gasteiger partial charge in [-0.1, -0.05) is 18.2 Å². The first kappa shape index (κ1) is 26.2. The molecule has 0 unspecified atom stereocenters. The number of pyridine rings is 1. The van der Waals surface area contributed by atoms with E-state index in [-0.39, 0.29) is 23.6 Å². The molecule has 2 aromatic carbocycles. The summed E-state index contributed by atoms with van der Waals surface area (Å²) in [6, 6.07) is 11.6. The number of nitrogens with zero attached hydrogens (tertiary/aromatic N) is 3. The van der Waals surface area contributed by atoms with E-state index in [0.717, 1.165) is 5.56 Å². The molecule has 0 saturated carbocycles. The SMILES string of the molecule is Cc1ccccc1Nc1ncc(C(=O)NCc2ccncn2)cc1NC(=O)c1cc(F)cc(C(F)(F)F)c1. The highest BCUT2D eigenvalue weighted by Gasteiger charge is 2.32. The highest BCUT2D eigenvalue weighted by molar-refractivity contribution is 6.07. The lowest BCUT2D eigenvalue weighted by Crippen LogP contribution is -2.24. The van der Waals surface area contributed by atoms with Crippen LogP contribution in [-0.2, 0) is 12.7 Å². The predicted molar refractivity (Wildman–Crippen MR) is 131 cm³/mol. The van der Waals surface area contributed by atoms with E-state index in [2.05, 4.69) is 30.9 Å². The van der Waals surface area contributed by atoms with Gasteiger partial charge < -0.3 is 16.0 Å². The first-order chi connectivity index (χ1) is 18.1. The number of carbonyl (C=O) groups excluding carboxylic acids is 2. The number of nitrogens with one attached hydrogen (secondary N) is 3. The predicted octanol–water partition coefficient (Wildman–Crippen LogP) is 5.26. The molecule has 2 aromatic heterocycles. The molecule has 0 aliphatic heterocycles. The standard InChI is InChI=1S/C26H20F4N6O2/c1-15-4-2-3-5-21(15)35-23-22(36-25(38)16-8-18(26(28,29)30)11-19(27)9-16)10-17(12-32-23)24(37)33-13-20-6-7-31-14-34-20/h2-12,14H,13H2,1H3,(H,32,35)(H,33,37)(H,36,38). The smallest absolute Gasteiger partial charge is 0.346 e. The third-order valence-corrected chi connectivity index (χ3v) is 5.36. The van der Waals surface area contributed by atoms with E-state index in [0.29, 0.717) is 29.6 Å². The lowest BCUT2D eigenvalue weighted by Gasteiger charge is -2.16. The van der Waals surface area contributed by atoms with Crippen molar-refractivity contribution in [3.05, 3.63) is 107 Å².